The van der Waals surface area contributed by atoms with Gasteiger partial charge in [0.1, 0.15) is 5.75 Å². The summed E-state index contributed by atoms with van der Waals surface area (Å²) in [6, 6.07) is 11.9. The summed E-state index contributed by atoms with van der Waals surface area (Å²) in [6.45, 7) is 8.05. The summed E-state index contributed by atoms with van der Waals surface area (Å²) in [5, 5.41) is 3.02. The minimum absolute atomic E-state index is 0.0490. The first kappa shape index (κ1) is 19.2. The van der Waals surface area contributed by atoms with Gasteiger partial charge in [0, 0.05) is 6.42 Å². The number of benzene rings is 2. The Morgan fingerprint density at radius 1 is 1.19 bits per heavy atom. The quantitative estimate of drug-likeness (QED) is 0.811. The van der Waals surface area contributed by atoms with Gasteiger partial charge in [-0.15, -0.1) is 0 Å². The van der Waals surface area contributed by atoms with Crippen LogP contribution in [0.3, 0.4) is 0 Å². The van der Waals surface area contributed by atoms with Gasteiger partial charge in [-0.25, -0.2) is 0 Å². The molecule has 0 fully saturated rings. The van der Waals surface area contributed by atoms with E-state index in [-0.39, 0.29) is 30.3 Å². The molecular weight excluding hydrogens is 338 g/mol. The summed E-state index contributed by atoms with van der Waals surface area (Å²) in [5.41, 5.74) is 5.09. The Morgan fingerprint density at radius 2 is 1.89 bits per heavy atom. The number of Topliss-reactive ketones (excluding diaryl/α,β-unsaturated/α-hetero) is 1. The van der Waals surface area contributed by atoms with E-state index in [1.165, 1.54) is 5.56 Å². The second-order valence-electron chi connectivity index (χ2n) is 7.43. The molecule has 2 aromatic rings. The monoisotopic (exact) mass is 365 g/mol. The normalized spacial score (nSPS) is 16.7. The molecule has 27 heavy (non-hydrogen) atoms. The van der Waals surface area contributed by atoms with Crippen LogP contribution in [0.15, 0.2) is 36.4 Å². The first-order valence-corrected chi connectivity index (χ1v) is 9.56. The van der Waals surface area contributed by atoms with Crippen molar-refractivity contribution in [3.8, 4) is 5.75 Å². The van der Waals surface area contributed by atoms with Crippen molar-refractivity contribution >= 4 is 11.7 Å². The zero-order valence-corrected chi connectivity index (χ0v) is 16.5. The van der Waals surface area contributed by atoms with E-state index in [4.69, 9.17) is 4.74 Å². The molecule has 0 saturated heterocycles. The van der Waals surface area contributed by atoms with Crippen LogP contribution in [0.4, 0.5) is 0 Å². The molecule has 0 spiro atoms. The summed E-state index contributed by atoms with van der Waals surface area (Å²) in [6.07, 6.45) is 1.30. The average Bonchev–Trinajstić information content (AvgIpc) is 2.95. The van der Waals surface area contributed by atoms with Crippen LogP contribution in [0.25, 0.3) is 0 Å². The molecule has 142 valence electrons. The second kappa shape index (κ2) is 7.95. The standard InChI is InChI=1S/C23H27NO3/c1-5-18(17-9-6-14(2)7-10-17)24-21(26)13-27-20-11-8-15(3)22-16(4)12-19(25)23(20)22/h6-11,16,18H,5,12-13H2,1-4H3,(H,24,26)/t16-,18-/m1/s1. The number of aryl methyl sites for hydroxylation is 2. The van der Waals surface area contributed by atoms with E-state index in [2.05, 4.69) is 12.2 Å². The van der Waals surface area contributed by atoms with E-state index in [9.17, 15) is 9.59 Å². The molecule has 1 N–H and O–H groups in total. The molecule has 4 heteroatoms. The van der Waals surface area contributed by atoms with Crippen molar-refractivity contribution in [3.63, 3.8) is 0 Å². The van der Waals surface area contributed by atoms with Crippen LogP contribution in [0.5, 0.6) is 5.75 Å². The third-order valence-corrected chi connectivity index (χ3v) is 5.27. The maximum atomic E-state index is 12.4. The highest BCUT2D eigenvalue weighted by Crippen LogP contribution is 2.40. The number of fused-ring (bicyclic) bond motifs is 1. The van der Waals surface area contributed by atoms with Gasteiger partial charge in [0.15, 0.2) is 12.4 Å². The van der Waals surface area contributed by atoms with E-state index in [1.54, 1.807) is 6.07 Å². The molecule has 3 rings (SSSR count). The van der Waals surface area contributed by atoms with E-state index >= 15 is 0 Å². The summed E-state index contributed by atoms with van der Waals surface area (Å²) >= 11 is 0. The Balaban J connectivity index is 1.68. The van der Waals surface area contributed by atoms with E-state index in [0.29, 0.717) is 17.7 Å². The van der Waals surface area contributed by atoms with E-state index in [0.717, 1.165) is 23.1 Å². The van der Waals surface area contributed by atoms with Crippen LogP contribution < -0.4 is 10.1 Å². The first-order valence-electron chi connectivity index (χ1n) is 9.56. The average molecular weight is 365 g/mol. The van der Waals surface area contributed by atoms with Gasteiger partial charge in [-0.1, -0.05) is 49.7 Å². The molecule has 1 aliphatic rings. The van der Waals surface area contributed by atoms with Crippen LogP contribution in [-0.4, -0.2) is 18.3 Å². The highest BCUT2D eigenvalue weighted by atomic mass is 16.5. The molecule has 1 aliphatic carbocycles. The largest absolute Gasteiger partial charge is 0.483 e. The Bertz CT molecular complexity index is 855. The molecule has 0 heterocycles. The molecule has 0 unspecified atom stereocenters. The predicted molar refractivity (Wildman–Crippen MR) is 106 cm³/mol. The SMILES string of the molecule is CC[C@@H](NC(=O)COc1ccc(C)c2c1C(=O)C[C@H]2C)c1ccc(C)cc1. The lowest BCUT2D eigenvalue weighted by atomic mass is 9.97. The molecule has 0 aliphatic heterocycles. The van der Waals surface area contributed by atoms with Crippen LogP contribution in [0.2, 0.25) is 0 Å². The number of ketones is 1. The Kier molecular flexibility index (Phi) is 5.64. The Hall–Kier alpha value is -2.62. The summed E-state index contributed by atoms with van der Waals surface area (Å²) < 4.78 is 5.75. The fourth-order valence-electron chi connectivity index (χ4n) is 3.83. The molecule has 0 radical (unpaired) electrons. The topological polar surface area (TPSA) is 55.4 Å². The molecular formula is C23H27NO3. The van der Waals surface area contributed by atoms with Gasteiger partial charge in [0.05, 0.1) is 11.6 Å². The van der Waals surface area contributed by atoms with Gasteiger partial charge in [-0.05, 0) is 48.9 Å². The second-order valence-corrected chi connectivity index (χ2v) is 7.43. The van der Waals surface area contributed by atoms with Gasteiger partial charge in [-0.3, -0.25) is 9.59 Å². The number of hydrogen-bond acceptors (Lipinski definition) is 3. The number of carbonyl (C=O) groups excluding carboxylic acids is 2. The summed E-state index contributed by atoms with van der Waals surface area (Å²) in [5.74, 6) is 0.636. The zero-order chi connectivity index (χ0) is 19.6. The molecule has 4 nitrogen and oxygen atoms in total. The van der Waals surface area contributed by atoms with E-state index in [1.807, 2.05) is 51.1 Å². The van der Waals surface area contributed by atoms with Gasteiger partial charge in [0.2, 0.25) is 0 Å². The molecule has 0 saturated carbocycles. The zero-order valence-electron chi connectivity index (χ0n) is 16.5. The van der Waals surface area contributed by atoms with Gasteiger partial charge in [0.25, 0.3) is 5.91 Å². The lowest BCUT2D eigenvalue weighted by Crippen LogP contribution is -2.32. The fraction of sp³-hybridized carbons (Fsp3) is 0.391. The molecule has 2 aromatic carbocycles. The van der Waals surface area contributed by atoms with Gasteiger partial charge in [-0.2, -0.15) is 0 Å². The summed E-state index contributed by atoms with van der Waals surface area (Å²) in [4.78, 5) is 24.8. The van der Waals surface area contributed by atoms with Crippen molar-refractivity contribution in [1.29, 1.82) is 0 Å². The lowest BCUT2D eigenvalue weighted by Gasteiger charge is -2.18. The molecule has 1 amide bonds. The van der Waals surface area contributed by atoms with Crippen molar-refractivity contribution < 1.29 is 14.3 Å². The molecule has 0 aromatic heterocycles. The fourth-order valence-corrected chi connectivity index (χ4v) is 3.83. The smallest absolute Gasteiger partial charge is 0.258 e. The maximum absolute atomic E-state index is 12.4. The molecule has 2 atom stereocenters. The minimum atomic E-state index is -0.185. The van der Waals surface area contributed by atoms with E-state index < -0.39 is 0 Å². The van der Waals surface area contributed by atoms with Crippen molar-refractivity contribution in [3.05, 3.63) is 64.2 Å². The number of hydrogen-bond donors (Lipinski definition) is 1. The Morgan fingerprint density at radius 3 is 2.56 bits per heavy atom. The highest BCUT2D eigenvalue weighted by Gasteiger charge is 2.31. The highest BCUT2D eigenvalue weighted by molar-refractivity contribution is 6.04. The molecule has 0 bridgehead atoms. The van der Waals surface area contributed by atoms with Crippen molar-refractivity contribution in [2.75, 3.05) is 6.61 Å². The third kappa shape index (κ3) is 4.05. The van der Waals surface area contributed by atoms with Crippen LogP contribution in [0.1, 0.15) is 71.3 Å². The van der Waals surface area contributed by atoms with Crippen molar-refractivity contribution in [2.24, 2.45) is 0 Å². The van der Waals surface area contributed by atoms with Crippen LogP contribution in [0, 0.1) is 13.8 Å². The number of carbonyl (C=O) groups is 2. The third-order valence-electron chi connectivity index (χ3n) is 5.27. The number of rotatable bonds is 6. The number of amides is 1. The number of nitrogens with one attached hydrogen (secondary N) is 1. The number of ether oxygens (including phenoxy) is 1. The minimum Gasteiger partial charge on any atom is -0.483 e. The Labute approximate surface area is 160 Å². The lowest BCUT2D eigenvalue weighted by molar-refractivity contribution is -0.123. The summed E-state index contributed by atoms with van der Waals surface area (Å²) in [7, 11) is 0. The van der Waals surface area contributed by atoms with Crippen molar-refractivity contribution in [1.82, 2.24) is 5.32 Å². The van der Waals surface area contributed by atoms with Crippen LogP contribution >= 0.6 is 0 Å². The van der Waals surface area contributed by atoms with Gasteiger partial charge >= 0.3 is 0 Å². The van der Waals surface area contributed by atoms with Crippen molar-refractivity contribution in [2.45, 2.75) is 52.5 Å². The van der Waals surface area contributed by atoms with Crippen LogP contribution in [-0.2, 0) is 4.79 Å². The first-order chi connectivity index (χ1) is 12.9. The predicted octanol–water partition coefficient (Wildman–Crippen LogP) is 4.64. The van der Waals surface area contributed by atoms with Gasteiger partial charge < -0.3 is 10.1 Å². The maximum Gasteiger partial charge on any atom is 0.258 e.